The topological polar surface area (TPSA) is 52.5 Å². The van der Waals surface area contributed by atoms with Crippen LogP contribution < -0.4 is 0 Å². The predicted molar refractivity (Wildman–Crippen MR) is 62.6 cm³/mol. The van der Waals surface area contributed by atoms with Gasteiger partial charge in [-0.05, 0) is 23.8 Å². The molecule has 0 aliphatic carbocycles. The number of H-pyrrole nitrogens is 1. The number of aromatic amines is 1. The van der Waals surface area contributed by atoms with Gasteiger partial charge in [0.2, 0.25) is 0 Å². The number of nitrogens with zero attached hydrogens (tertiary/aromatic N) is 2. The SMILES string of the molecule is C=Cc1cnc(Cc2ccc(C#N)cc2)[nH]1. The van der Waals surface area contributed by atoms with Crippen LogP contribution in [0.4, 0.5) is 0 Å². The molecule has 0 aliphatic heterocycles. The first kappa shape index (κ1) is 10.2. The second-order valence-electron chi connectivity index (χ2n) is 3.47. The van der Waals surface area contributed by atoms with Crippen LogP contribution in [0.3, 0.4) is 0 Å². The quantitative estimate of drug-likeness (QED) is 0.844. The molecule has 0 saturated heterocycles. The fourth-order valence-corrected chi connectivity index (χ4v) is 1.46. The molecule has 2 aromatic rings. The highest BCUT2D eigenvalue weighted by atomic mass is 14.9. The second-order valence-corrected chi connectivity index (χ2v) is 3.47. The Morgan fingerprint density at radius 3 is 2.69 bits per heavy atom. The third-order valence-electron chi connectivity index (χ3n) is 2.32. The molecule has 2 rings (SSSR count). The molecule has 0 atom stereocenters. The molecule has 3 heteroatoms. The molecule has 1 aromatic carbocycles. The fraction of sp³-hybridized carbons (Fsp3) is 0.0769. The van der Waals surface area contributed by atoms with Gasteiger partial charge in [0.15, 0.2) is 0 Å². The van der Waals surface area contributed by atoms with E-state index in [1.54, 1.807) is 12.3 Å². The molecule has 0 amide bonds. The van der Waals surface area contributed by atoms with E-state index in [9.17, 15) is 0 Å². The number of nitriles is 1. The van der Waals surface area contributed by atoms with E-state index in [1.807, 2.05) is 24.3 Å². The fourth-order valence-electron chi connectivity index (χ4n) is 1.46. The van der Waals surface area contributed by atoms with Crippen LogP contribution in [0.15, 0.2) is 37.0 Å². The van der Waals surface area contributed by atoms with Crippen molar-refractivity contribution in [1.29, 1.82) is 5.26 Å². The van der Waals surface area contributed by atoms with E-state index in [0.717, 1.165) is 23.5 Å². The first-order valence-corrected chi connectivity index (χ1v) is 4.97. The molecule has 0 fully saturated rings. The van der Waals surface area contributed by atoms with Crippen molar-refractivity contribution in [3.8, 4) is 6.07 Å². The lowest BCUT2D eigenvalue weighted by Crippen LogP contribution is -1.90. The highest BCUT2D eigenvalue weighted by molar-refractivity contribution is 5.40. The lowest BCUT2D eigenvalue weighted by Gasteiger charge is -1.97. The van der Waals surface area contributed by atoms with Crippen molar-refractivity contribution in [1.82, 2.24) is 9.97 Å². The minimum atomic E-state index is 0.676. The number of hydrogen-bond donors (Lipinski definition) is 1. The first-order chi connectivity index (χ1) is 7.81. The Balaban J connectivity index is 2.14. The average molecular weight is 209 g/mol. The summed E-state index contributed by atoms with van der Waals surface area (Å²) in [6, 6.07) is 9.60. The molecule has 78 valence electrons. The Kier molecular flexibility index (Phi) is 2.84. The van der Waals surface area contributed by atoms with Gasteiger partial charge in [-0.2, -0.15) is 5.26 Å². The van der Waals surface area contributed by atoms with E-state index < -0.39 is 0 Å². The third-order valence-corrected chi connectivity index (χ3v) is 2.32. The maximum atomic E-state index is 8.67. The zero-order valence-electron chi connectivity index (χ0n) is 8.77. The van der Waals surface area contributed by atoms with E-state index in [2.05, 4.69) is 22.6 Å². The lowest BCUT2D eigenvalue weighted by molar-refractivity contribution is 1.02. The zero-order valence-corrected chi connectivity index (χ0v) is 8.77. The van der Waals surface area contributed by atoms with Crippen LogP contribution in [0.1, 0.15) is 22.6 Å². The Morgan fingerprint density at radius 1 is 1.38 bits per heavy atom. The molecule has 0 radical (unpaired) electrons. The largest absolute Gasteiger partial charge is 0.342 e. The smallest absolute Gasteiger partial charge is 0.110 e. The minimum Gasteiger partial charge on any atom is -0.342 e. The minimum absolute atomic E-state index is 0.676. The van der Waals surface area contributed by atoms with E-state index in [0.29, 0.717) is 5.56 Å². The summed E-state index contributed by atoms with van der Waals surface area (Å²) in [4.78, 5) is 7.38. The van der Waals surface area contributed by atoms with Gasteiger partial charge in [0.05, 0.1) is 23.5 Å². The summed E-state index contributed by atoms with van der Waals surface area (Å²) >= 11 is 0. The van der Waals surface area contributed by atoms with Crippen LogP contribution >= 0.6 is 0 Å². The molecule has 0 aliphatic rings. The first-order valence-electron chi connectivity index (χ1n) is 4.97. The van der Waals surface area contributed by atoms with Crippen LogP contribution in [0.25, 0.3) is 6.08 Å². The van der Waals surface area contributed by atoms with Crippen LogP contribution in [0.5, 0.6) is 0 Å². The molecule has 0 bridgehead atoms. The van der Waals surface area contributed by atoms with Gasteiger partial charge in [0.25, 0.3) is 0 Å². The Bertz CT molecular complexity index is 529. The van der Waals surface area contributed by atoms with E-state index in [1.165, 1.54) is 0 Å². The van der Waals surface area contributed by atoms with Gasteiger partial charge in [0, 0.05) is 6.42 Å². The summed E-state index contributed by atoms with van der Waals surface area (Å²) in [6.07, 6.45) is 4.22. The van der Waals surface area contributed by atoms with Gasteiger partial charge in [0.1, 0.15) is 5.82 Å². The number of aromatic nitrogens is 2. The van der Waals surface area contributed by atoms with Crippen molar-refractivity contribution in [3.05, 3.63) is 59.7 Å². The van der Waals surface area contributed by atoms with Crippen LogP contribution in [-0.2, 0) is 6.42 Å². The predicted octanol–water partition coefficient (Wildman–Crippen LogP) is 2.52. The molecule has 0 spiro atoms. The van der Waals surface area contributed by atoms with Gasteiger partial charge >= 0.3 is 0 Å². The van der Waals surface area contributed by atoms with Crippen LogP contribution in [0, 0.1) is 11.3 Å². The Morgan fingerprint density at radius 2 is 2.12 bits per heavy atom. The molecule has 16 heavy (non-hydrogen) atoms. The van der Waals surface area contributed by atoms with Crippen molar-refractivity contribution in [2.75, 3.05) is 0 Å². The maximum Gasteiger partial charge on any atom is 0.110 e. The molecular formula is C13H11N3. The number of imidazole rings is 1. The van der Waals surface area contributed by atoms with Crippen molar-refractivity contribution in [3.63, 3.8) is 0 Å². The van der Waals surface area contributed by atoms with Crippen molar-refractivity contribution >= 4 is 6.08 Å². The molecule has 1 N–H and O–H groups in total. The van der Waals surface area contributed by atoms with Crippen molar-refractivity contribution in [2.45, 2.75) is 6.42 Å². The van der Waals surface area contributed by atoms with Gasteiger partial charge in [-0.3, -0.25) is 0 Å². The van der Waals surface area contributed by atoms with Gasteiger partial charge in [-0.15, -0.1) is 0 Å². The molecule has 1 heterocycles. The highest BCUT2D eigenvalue weighted by Gasteiger charge is 2.00. The Labute approximate surface area is 94.1 Å². The van der Waals surface area contributed by atoms with Gasteiger partial charge < -0.3 is 4.98 Å². The number of rotatable bonds is 3. The number of nitrogens with one attached hydrogen (secondary N) is 1. The number of benzene rings is 1. The monoisotopic (exact) mass is 209 g/mol. The summed E-state index contributed by atoms with van der Waals surface area (Å²) in [6.45, 7) is 3.67. The zero-order chi connectivity index (χ0) is 11.4. The molecule has 0 unspecified atom stereocenters. The van der Waals surface area contributed by atoms with Crippen LogP contribution in [-0.4, -0.2) is 9.97 Å². The van der Waals surface area contributed by atoms with Crippen LogP contribution in [0.2, 0.25) is 0 Å². The van der Waals surface area contributed by atoms with E-state index >= 15 is 0 Å². The van der Waals surface area contributed by atoms with Crippen molar-refractivity contribution < 1.29 is 0 Å². The molecular weight excluding hydrogens is 198 g/mol. The summed E-state index contributed by atoms with van der Waals surface area (Å²) in [5.74, 6) is 0.902. The Hall–Kier alpha value is -2.34. The number of hydrogen-bond acceptors (Lipinski definition) is 2. The lowest BCUT2D eigenvalue weighted by atomic mass is 10.1. The highest BCUT2D eigenvalue weighted by Crippen LogP contribution is 2.08. The molecule has 1 aromatic heterocycles. The normalized spacial score (nSPS) is 9.69. The summed E-state index contributed by atoms with van der Waals surface area (Å²) < 4.78 is 0. The third kappa shape index (κ3) is 2.18. The van der Waals surface area contributed by atoms with Gasteiger partial charge in [-0.1, -0.05) is 18.7 Å². The van der Waals surface area contributed by atoms with Gasteiger partial charge in [-0.25, -0.2) is 4.98 Å². The summed E-state index contributed by atoms with van der Waals surface area (Å²) in [7, 11) is 0. The molecule has 3 nitrogen and oxygen atoms in total. The summed E-state index contributed by atoms with van der Waals surface area (Å²) in [5.41, 5.74) is 2.72. The maximum absolute atomic E-state index is 8.67. The van der Waals surface area contributed by atoms with E-state index in [-0.39, 0.29) is 0 Å². The average Bonchev–Trinajstić information content (AvgIpc) is 2.78. The standard InChI is InChI=1S/C13H11N3/c1-2-12-9-15-13(16-12)7-10-3-5-11(8-14)6-4-10/h2-6,9H,1,7H2,(H,15,16). The molecule has 0 saturated carbocycles. The van der Waals surface area contributed by atoms with E-state index in [4.69, 9.17) is 5.26 Å². The summed E-state index contributed by atoms with van der Waals surface area (Å²) in [5, 5.41) is 8.67. The second kappa shape index (κ2) is 4.45. The van der Waals surface area contributed by atoms with Crippen molar-refractivity contribution in [2.24, 2.45) is 0 Å².